The van der Waals surface area contributed by atoms with Gasteiger partial charge in [0.2, 0.25) is 11.9 Å². The van der Waals surface area contributed by atoms with Gasteiger partial charge in [-0.3, -0.25) is 14.2 Å². The van der Waals surface area contributed by atoms with E-state index in [1.165, 1.54) is 36.4 Å². The van der Waals surface area contributed by atoms with Crippen LogP contribution >= 0.6 is 23.1 Å². The SMILES string of the molecule is CC(=O)NCc1ccc(C(=O)CSc2nnc(N3CCCCC3)n2-c2ccccc2)s1. The second kappa shape index (κ2) is 10.1. The topological polar surface area (TPSA) is 80.1 Å². The molecule has 1 saturated heterocycles. The third-order valence-electron chi connectivity index (χ3n) is 5.05. The predicted octanol–water partition coefficient (Wildman–Crippen LogP) is 3.93. The number of hydrogen-bond donors (Lipinski definition) is 1. The highest BCUT2D eigenvalue weighted by Gasteiger charge is 2.22. The highest BCUT2D eigenvalue weighted by atomic mass is 32.2. The first-order valence-corrected chi connectivity index (χ1v) is 12.2. The maximum Gasteiger partial charge on any atom is 0.232 e. The van der Waals surface area contributed by atoms with E-state index in [1.54, 1.807) is 0 Å². The Labute approximate surface area is 189 Å². The Morgan fingerprint density at radius 1 is 1.06 bits per heavy atom. The normalized spacial score (nSPS) is 13.9. The molecule has 1 aliphatic rings. The van der Waals surface area contributed by atoms with Crippen LogP contribution in [0.4, 0.5) is 5.95 Å². The van der Waals surface area contributed by atoms with Gasteiger partial charge in [-0.15, -0.1) is 21.5 Å². The maximum atomic E-state index is 12.8. The number of nitrogens with one attached hydrogen (secondary N) is 1. The molecule has 3 aromatic rings. The molecule has 0 atom stereocenters. The molecule has 1 fully saturated rings. The van der Waals surface area contributed by atoms with Crippen molar-refractivity contribution in [3.8, 4) is 5.69 Å². The van der Waals surface area contributed by atoms with Crippen molar-refractivity contribution in [3.05, 3.63) is 52.2 Å². The van der Waals surface area contributed by atoms with Crippen molar-refractivity contribution in [2.24, 2.45) is 0 Å². The summed E-state index contributed by atoms with van der Waals surface area (Å²) in [5, 5.41) is 12.4. The van der Waals surface area contributed by atoms with Crippen LogP contribution in [0.1, 0.15) is 40.7 Å². The van der Waals surface area contributed by atoms with Crippen LogP contribution < -0.4 is 10.2 Å². The number of anilines is 1. The quantitative estimate of drug-likeness (QED) is 0.410. The van der Waals surface area contributed by atoms with Crippen molar-refractivity contribution in [2.75, 3.05) is 23.7 Å². The van der Waals surface area contributed by atoms with E-state index in [2.05, 4.69) is 25.0 Å². The standard InChI is InChI=1S/C22H25N5O2S2/c1-16(28)23-14-18-10-11-20(31-18)19(29)15-30-22-25-24-21(26-12-6-3-7-13-26)27(22)17-8-4-2-5-9-17/h2,4-5,8-11H,3,6-7,12-15H2,1H3,(H,23,28). The zero-order valence-corrected chi connectivity index (χ0v) is 19.0. The molecule has 7 nitrogen and oxygen atoms in total. The van der Waals surface area contributed by atoms with Gasteiger partial charge in [-0.25, -0.2) is 0 Å². The van der Waals surface area contributed by atoms with Crippen molar-refractivity contribution < 1.29 is 9.59 Å². The zero-order valence-electron chi connectivity index (χ0n) is 17.4. The summed E-state index contributed by atoms with van der Waals surface area (Å²) in [6.45, 7) is 3.88. The van der Waals surface area contributed by atoms with E-state index in [-0.39, 0.29) is 17.4 Å². The Morgan fingerprint density at radius 3 is 2.58 bits per heavy atom. The number of para-hydroxylation sites is 1. The maximum absolute atomic E-state index is 12.8. The summed E-state index contributed by atoms with van der Waals surface area (Å²) in [4.78, 5) is 27.8. The summed E-state index contributed by atoms with van der Waals surface area (Å²) in [6, 6.07) is 13.8. The number of rotatable bonds is 8. The Kier molecular flexibility index (Phi) is 7.03. The van der Waals surface area contributed by atoms with Crippen LogP contribution in [0.25, 0.3) is 5.69 Å². The van der Waals surface area contributed by atoms with Crippen molar-refractivity contribution in [3.63, 3.8) is 0 Å². The van der Waals surface area contributed by atoms with Crippen LogP contribution in [0.2, 0.25) is 0 Å². The molecule has 3 heterocycles. The number of thiophene rings is 1. The van der Waals surface area contributed by atoms with Crippen LogP contribution in [0.15, 0.2) is 47.6 Å². The number of ketones is 1. The van der Waals surface area contributed by atoms with Crippen LogP contribution in [-0.2, 0) is 11.3 Å². The summed E-state index contributed by atoms with van der Waals surface area (Å²) in [6.07, 6.45) is 3.56. The highest BCUT2D eigenvalue weighted by Crippen LogP contribution is 2.29. The van der Waals surface area contributed by atoms with Crippen molar-refractivity contribution >= 4 is 40.7 Å². The molecule has 9 heteroatoms. The van der Waals surface area contributed by atoms with Gasteiger partial charge >= 0.3 is 0 Å². The lowest BCUT2D eigenvalue weighted by Crippen LogP contribution is -2.31. The monoisotopic (exact) mass is 455 g/mol. The van der Waals surface area contributed by atoms with E-state index in [0.717, 1.165) is 47.6 Å². The number of aromatic nitrogens is 3. The number of piperidine rings is 1. The molecule has 0 unspecified atom stereocenters. The largest absolute Gasteiger partial charge is 0.351 e. The Bertz CT molecular complexity index is 1040. The highest BCUT2D eigenvalue weighted by molar-refractivity contribution is 7.99. The molecule has 0 bridgehead atoms. The lowest BCUT2D eigenvalue weighted by Gasteiger charge is -2.27. The number of amides is 1. The first-order chi connectivity index (χ1) is 15.1. The van der Waals surface area contributed by atoms with Crippen LogP contribution in [-0.4, -0.2) is 45.3 Å². The Morgan fingerprint density at radius 2 is 1.84 bits per heavy atom. The minimum atomic E-state index is -0.0819. The van der Waals surface area contributed by atoms with Gasteiger partial charge in [-0.05, 0) is 43.5 Å². The van der Waals surface area contributed by atoms with Crippen molar-refractivity contribution in [1.29, 1.82) is 0 Å². The molecule has 1 aliphatic heterocycles. The second-order valence-electron chi connectivity index (χ2n) is 7.39. The molecule has 4 rings (SSSR count). The lowest BCUT2D eigenvalue weighted by molar-refractivity contribution is -0.119. The number of Topliss-reactive ketones (excluding diaryl/α,β-unsaturated/α-hetero) is 1. The number of carbonyl (C=O) groups is 2. The summed E-state index contributed by atoms with van der Waals surface area (Å²) < 4.78 is 2.06. The van der Waals surface area contributed by atoms with E-state index in [0.29, 0.717) is 11.4 Å². The van der Waals surface area contributed by atoms with Crippen LogP contribution in [0, 0.1) is 0 Å². The molecule has 0 spiro atoms. The summed E-state index contributed by atoms with van der Waals surface area (Å²) in [7, 11) is 0. The van der Waals surface area contributed by atoms with Crippen molar-refractivity contribution in [1.82, 2.24) is 20.1 Å². The predicted molar refractivity (Wildman–Crippen MR) is 124 cm³/mol. The van der Waals surface area contributed by atoms with Gasteiger partial charge in [0.1, 0.15) is 0 Å². The van der Waals surface area contributed by atoms with Gasteiger partial charge in [0, 0.05) is 24.9 Å². The first-order valence-electron chi connectivity index (χ1n) is 10.4. The second-order valence-corrected chi connectivity index (χ2v) is 9.50. The molecule has 1 N–H and O–H groups in total. The van der Waals surface area contributed by atoms with Crippen LogP contribution in [0.3, 0.4) is 0 Å². The smallest absolute Gasteiger partial charge is 0.232 e. The van der Waals surface area contributed by atoms with Gasteiger partial charge in [0.25, 0.3) is 0 Å². The van der Waals surface area contributed by atoms with E-state index < -0.39 is 0 Å². The van der Waals surface area contributed by atoms with E-state index >= 15 is 0 Å². The first kappa shape index (κ1) is 21.6. The fraction of sp³-hybridized carbons (Fsp3) is 0.364. The van der Waals surface area contributed by atoms with Gasteiger partial charge in [0.05, 0.1) is 22.9 Å². The van der Waals surface area contributed by atoms with E-state index in [4.69, 9.17) is 0 Å². The number of carbonyl (C=O) groups excluding carboxylic acids is 2. The Hall–Kier alpha value is -2.65. The van der Waals surface area contributed by atoms with E-state index in [9.17, 15) is 9.59 Å². The summed E-state index contributed by atoms with van der Waals surface area (Å²) in [5.41, 5.74) is 0.997. The molecule has 1 amide bonds. The lowest BCUT2D eigenvalue weighted by atomic mass is 10.1. The number of nitrogens with zero attached hydrogens (tertiary/aromatic N) is 4. The van der Waals surface area contributed by atoms with Gasteiger partial charge < -0.3 is 10.2 Å². The average molecular weight is 456 g/mol. The third kappa shape index (κ3) is 5.34. The molecular formula is C22H25N5O2S2. The summed E-state index contributed by atoms with van der Waals surface area (Å²) >= 11 is 2.83. The van der Waals surface area contributed by atoms with Crippen molar-refractivity contribution in [2.45, 2.75) is 37.9 Å². The van der Waals surface area contributed by atoms with Gasteiger partial charge in [-0.1, -0.05) is 30.0 Å². The number of thioether (sulfide) groups is 1. The van der Waals surface area contributed by atoms with Crippen LogP contribution in [0.5, 0.6) is 0 Å². The minimum Gasteiger partial charge on any atom is -0.351 e. The molecule has 1 aromatic carbocycles. The molecule has 0 aliphatic carbocycles. The molecule has 162 valence electrons. The fourth-order valence-electron chi connectivity index (χ4n) is 3.49. The summed E-state index contributed by atoms with van der Waals surface area (Å²) in [5.74, 6) is 1.09. The molecular weight excluding hydrogens is 430 g/mol. The molecule has 2 aromatic heterocycles. The minimum absolute atomic E-state index is 0.0474. The Balaban J connectivity index is 1.50. The molecule has 0 radical (unpaired) electrons. The molecule has 0 saturated carbocycles. The zero-order chi connectivity index (χ0) is 21.6. The fourth-order valence-corrected chi connectivity index (χ4v) is 5.30. The van der Waals surface area contributed by atoms with Gasteiger partial charge in [0.15, 0.2) is 10.9 Å². The third-order valence-corrected chi connectivity index (χ3v) is 7.11. The number of benzene rings is 1. The van der Waals surface area contributed by atoms with Gasteiger partial charge in [-0.2, -0.15) is 0 Å². The van der Waals surface area contributed by atoms with E-state index in [1.807, 2.05) is 42.5 Å². The molecule has 31 heavy (non-hydrogen) atoms. The average Bonchev–Trinajstić information content (AvgIpc) is 3.44. The number of hydrogen-bond acceptors (Lipinski definition) is 7.